The number of likely N-dealkylation sites (tertiary alicyclic amines) is 1. The molecule has 1 spiro atoms. The third-order valence-corrected chi connectivity index (χ3v) is 3.90. The first kappa shape index (κ1) is 9.47. The van der Waals surface area contributed by atoms with Crippen molar-refractivity contribution in [1.29, 1.82) is 0 Å². The maximum Gasteiger partial charge on any atom is 0.00532 e. The van der Waals surface area contributed by atoms with Crippen molar-refractivity contribution in [2.75, 3.05) is 13.1 Å². The van der Waals surface area contributed by atoms with E-state index in [1.165, 1.54) is 38.8 Å². The van der Waals surface area contributed by atoms with E-state index in [1.807, 2.05) is 0 Å². The van der Waals surface area contributed by atoms with E-state index in [-0.39, 0.29) is 0 Å². The Balaban J connectivity index is 1.83. The highest BCUT2D eigenvalue weighted by Gasteiger charge is 2.44. The van der Waals surface area contributed by atoms with Gasteiger partial charge in [-0.15, -0.1) is 0 Å². The summed E-state index contributed by atoms with van der Waals surface area (Å²) in [7, 11) is 0. The van der Waals surface area contributed by atoms with Crippen LogP contribution in [0.4, 0.5) is 0 Å². The molecule has 2 N–H and O–H groups in total. The average molecular weight is 182 g/mol. The molecular formula is C11H22N2. The number of hydrogen-bond acceptors (Lipinski definition) is 2. The van der Waals surface area contributed by atoms with Gasteiger partial charge in [-0.2, -0.15) is 0 Å². The van der Waals surface area contributed by atoms with Crippen molar-refractivity contribution in [3.05, 3.63) is 0 Å². The Labute approximate surface area is 81.5 Å². The topological polar surface area (TPSA) is 29.3 Å². The molecule has 0 aromatic carbocycles. The number of hydrogen-bond donors (Lipinski definition) is 1. The molecule has 0 unspecified atom stereocenters. The number of nitrogens with zero attached hydrogens (tertiary/aromatic N) is 1. The van der Waals surface area contributed by atoms with E-state index < -0.39 is 0 Å². The van der Waals surface area contributed by atoms with Gasteiger partial charge in [0.15, 0.2) is 0 Å². The van der Waals surface area contributed by atoms with Crippen LogP contribution in [0.3, 0.4) is 0 Å². The normalized spacial score (nSPS) is 29.5. The Bertz CT molecular complexity index is 173. The summed E-state index contributed by atoms with van der Waals surface area (Å²) < 4.78 is 0. The fourth-order valence-corrected chi connectivity index (χ4v) is 2.75. The summed E-state index contributed by atoms with van der Waals surface area (Å²) in [6, 6.07) is 1.24. The van der Waals surface area contributed by atoms with Gasteiger partial charge in [0, 0.05) is 25.2 Å². The molecule has 1 aliphatic heterocycles. The van der Waals surface area contributed by atoms with Crippen LogP contribution in [0, 0.1) is 5.41 Å². The summed E-state index contributed by atoms with van der Waals surface area (Å²) in [5.74, 6) is 0. The lowest BCUT2D eigenvalue weighted by Crippen LogP contribution is -2.60. The second kappa shape index (κ2) is 3.25. The minimum Gasteiger partial charge on any atom is -0.328 e. The second-order valence-corrected chi connectivity index (χ2v) is 5.34. The van der Waals surface area contributed by atoms with Gasteiger partial charge in [0.2, 0.25) is 0 Å². The maximum atomic E-state index is 5.92. The first-order valence-electron chi connectivity index (χ1n) is 5.61. The van der Waals surface area contributed by atoms with Gasteiger partial charge < -0.3 is 5.73 Å². The highest BCUT2D eigenvalue weighted by atomic mass is 15.2. The van der Waals surface area contributed by atoms with Crippen LogP contribution >= 0.6 is 0 Å². The van der Waals surface area contributed by atoms with Crippen molar-refractivity contribution >= 4 is 0 Å². The van der Waals surface area contributed by atoms with Crippen molar-refractivity contribution in [3.8, 4) is 0 Å². The molecule has 0 aromatic rings. The molecule has 0 aromatic heterocycles. The predicted octanol–water partition coefficient (Wildman–Crippen LogP) is 1.60. The molecule has 2 fully saturated rings. The molecule has 0 bridgehead atoms. The summed E-state index contributed by atoms with van der Waals surface area (Å²) in [6.45, 7) is 7.25. The molecule has 76 valence electrons. The van der Waals surface area contributed by atoms with Gasteiger partial charge >= 0.3 is 0 Å². The standard InChI is InChI=1S/C11H22N2/c1-9(2)13-7-11(8-13)5-3-10(12)4-6-11/h9-10H,3-8,12H2,1-2H3. The molecule has 1 aliphatic carbocycles. The average Bonchev–Trinajstić information content (AvgIpc) is 2.02. The summed E-state index contributed by atoms with van der Waals surface area (Å²) >= 11 is 0. The van der Waals surface area contributed by atoms with Gasteiger partial charge in [-0.05, 0) is 44.9 Å². The Morgan fingerprint density at radius 1 is 1.23 bits per heavy atom. The Morgan fingerprint density at radius 2 is 1.77 bits per heavy atom. The van der Waals surface area contributed by atoms with Crippen LogP contribution in [0.1, 0.15) is 39.5 Å². The SMILES string of the molecule is CC(C)N1CC2(CCC(N)CC2)C1. The predicted molar refractivity (Wildman–Crippen MR) is 55.6 cm³/mol. The van der Waals surface area contributed by atoms with Crippen molar-refractivity contribution in [3.63, 3.8) is 0 Å². The first-order chi connectivity index (χ1) is 6.11. The van der Waals surface area contributed by atoms with E-state index in [1.54, 1.807) is 0 Å². The fraction of sp³-hybridized carbons (Fsp3) is 1.00. The van der Waals surface area contributed by atoms with Crippen LogP contribution in [0.25, 0.3) is 0 Å². The van der Waals surface area contributed by atoms with E-state index in [4.69, 9.17) is 5.73 Å². The minimum absolute atomic E-state index is 0.499. The van der Waals surface area contributed by atoms with Gasteiger partial charge in [0.05, 0.1) is 0 Å². The van der Waals surface area contributed by atoms with Gasteiger partial charge in [-0.25, -0.2) is 0 Å². The molecule has 1 saturated heterocycles. The van der Waals surface area contributed by atoms with E-state index in [0.717, 1.165) is 6.04 Å². The van der Waals surface area contributed by atoms with Gasteiger partial charge in [-0.1, -0.05) is 0 Å². The quantitative estimate of drug-likeness (QED) is 0.667. The van der Waals surface area contributed by atoms with E-state index in [2.05, 4.69) is 18.7 Å². The molecular weight excluding hydrogens is 160 g/mol. The summed E-state index contributed by atoms with van der Waals surface area (Å²) in [5.41, 5.74) is 6.60. The van der Waals surface area contributed by atoms with E-state index in [0.29, 0.717) is 11.5 Å². The zero-order chi connectivity index (χ0) is 9.47. The van der Waals surface area contributed by atoms with Crippen LogP contribution in [0.2, 0.25) is 0 Å². The van der Waals surface area contributed by atoms with Crippen LogP contribution < -0.4 is 5.73 Å². The number of nitrogens with two attached hydrogens (primary N) is 1. The lowest BCUT2D eigenvalue weighted by molar-refractivity contribution is -0.0491. The third-order valence-electron chi connectivity index (χ3n) is 3.90. The summed E-state index contributed by atoms with van der Waals surface area (Å²) in [4.78, 5) is 2.58. The van der Waals surface area contributed by atoms with Gasteiger partial charge in [0.25, 0.3) is 0 Å². The van der Waals surface area contributed by atoms with Crippen molar-refractivity contribution in [2.45, 2.75) is 51.6 Å². The first-order valence-corrected chi connectivity index (χ1v) is 5.61. The van der Waals surface area contributed by atoms with Gasteiger partial charge in [0.1, 0.15) is 0 Å². The molecule has 2 rings (SSSR count). The molecule has 1 saturated carbocycles. The molecule has 0 atom stereocenters. The molecule has 1 heterocycles. The molecule has 13 heavy (non-hydrogen) atoms. The number of rotatable bonds is 1. The monoisotopic (exact) mass is 182 g/mol. The Hall–Kier alpha value is -0.0800. The molecule has 2 heteroatoms. The lowest BCUT2D eigenvalue weighted by Gasteiger charge is -2.55. The third kappa shape index (κ3) is 1.75. The van der Waals surface area contributed by atoms with Crippen LogP contribution in [0.5, 0.6) is 0 Å². The summed E-state index contributed by atoms with van der Waals surface area (Å²) in [5, 5.41) is 0. The largest absolute Gasteiger partial charge is 0.328 e. The molecule has 0 amide bonds. The molecule has 2 aliphatic rings. The summed E-state index contributed by atoms with van der Waals surface area (Å²) in [6.07, 6.45) is 5.26. The zero-order valence-electron chi connectivity index (χ0n) is 8.92. The second-order valence-electron chi connectivity index (χ2n) is 5.34. The van der Waals surface area contributed by atoms with E-state index >= 15 is 0 Å². The van der Waals surface area contributed by atoms with Crippen LogP contribution in [0.15, 0.2) is 0 Å². The van der Waals surface area contributed by atoms with Crippen LogP contribution in [-0.4, -0.2) is 30.1 Å². The maximum absolute atomic E-state index is 5.92. The highest BCUT2D eigenvalue weighted by Crippen LogP contribution is 2.44. The lowest BCUT2D eigenvalue weighted by atomic mass is 9.67. The minimum atomic E-state index is 0.499. The van der Waals surface area contributed by atoms with Crippen molar-refractivity contribution < 1.29 is 0 Å². The van der Waals surface area contributed by atoms with Crippen LogP contribution in [-0.2, 0) is 0 Å². The van der Waals surface area contributed by atoms with Crippen molar-refractivity contribution in [1.82, 2.24) is 4.90 Å². The Kier molecular flexibility index (Phi) is 2.37. The molecule has 2 nitrogen and oxygen atoms in total. The Morgan fingerprint density at radius 3 is 2.23 bits per heavy atom. The smallest absolute Gasteiger partial charge is 0.00532 e. The van der Waals surface area contributed by atoms with Gasteiger partial charge in [-0.3, -0.25) is 4.90 Å². The molecule has 0 radical (unpaired) electrons. The van der Waals surface area contributed by atoms with Crippen molar-refractivity contribution in [2.24, 2.45) is 11.1 Å². The van der Waals surface area contributed by atoms with E-state index in [9.17, 15) is 0 Å². The fourth-order valence-electron chi connectivity index (χ4n) is 2.75. The zero-order valence-corrected chi connectivity index (χ0v) is 8.92. The highest BCUT2D eigenvalue weighted by molar-refractivity contribution is 4.99.